The van der Waals surface area contributed by atoms with Gasteiger partial charge in [-0.25, -0.2) is 4.79 Å². The van der Waals surface area contributed by atoms with Gasteiger partial charge in [-0.3, -0.25) is 0 Å². The van der Waals surface area contributed by atoms with Gasteiger partial charge in [0.2, 0.25) is 0 Å². The molecule has 0 unspecified atom stereocenters. The molecule has 102 valence electrons. The van der Waals surface area contributed by atoms with E-state index in [0.717, 1.165) is 18.6 Å². The summed E-state index contributed by atoms with van der Waals surface area (Å²) in [4.78, 5) is 11.0. The van der Waals surface area contributed by atoms with Gasteiger partial charge in [-0.2, -0.15) is 0 Å². The fourth-order valence-corrected chi connectivity index (χ4v) is 5.06. The molecule has 2 aliphatic carbocycles. The van der Waals surface area contributed by atoms with E-state index in [1.807, 2.05) is 0 Å². The fraction of sp³-hybridized carbons (Fsp3) is 0.786. The average molecular weight is 270 g/mol. The third-order valence-electron chi connectivity index (χ3n) is 5.23. The molecule has 2 rings (SSSR count). The van der Waals surface area contributed by atoms with Crippen molar-refractivity contribution in [2.75, 3.05) is 12.9 Å². The highest BCUT2D eigenvalue weighted by Crippen LogP contribution is 2.66. The smallest absolute Gasteiger partial charge is 0.330 e. The largest absolute Gasteiger partial charge is 0.466 e. The van der Waals surface area contributed by atoms with Gasteiger partial charge in [-0.1, -0.05) is 13.8 Å². The number of methoxy groups -OCH3 is 1. The number of aliphatic hydroxyl groups excluding tert-OH is 1. The molecular weight excluding hydrogens is 248 g/mol. The Bertz CT molecular complexity index is 364. The van der Waals surface area contributed by atoms with Crippen LogP contribution >= 0.6 is 11.8 Å². The molecule has 3 nitrogen and oxygen atoms in total. The first-order chi connectivity index (χ1) is 8.44. The molecule has 4 heteroatoms. The van der Waals surface area contributed by atoms with Crippen molar-refractivity contribution in [3.8, 4) is 0 Å². The number of ether oxygens (including phenoxy) is 1. The van der Waals surface area contributed by atoms with Crippen LogP contribution in [0.25, 0.3) is 0 Å². The molecular formula is C14H22O3S. The number of carbonyl (C=O) groups excluding carboxylic acids is 1. The van der Waals surface area contributed by atoms with Gasteiger partial charge in [-0.05, 0) is 36.0 Å². The Balaban J connectivity index is 1.99. The molecule has 0 aromatic carbocycles. The molecule has 0 saturated heterocycles. The van der Waals surface area contributed by atoms with Crippen molar-refractivity contribution < 1.29 is 14.6 Å². The Morgan fingerprint density at radius 2 is 2.28 bits per heavy atom. The second-order valence-electron chi connectivity index (χ2n) is 6.00. The zero-order valence-electron chi connectivity index (χ0n) is 11.3. The minimum atomic E-state index is -0.324. The predicted molar refractivity (Wildman–Crippen MR) is 73.2 cm³/mol. The second-order valence-corrected chi connectivity index (χ2v) is 6.90. The highest BCUT2D eigenvalue weighted by Gasteiger charge is 2.63. The Morgan fingerprint density at radius 3 is 2.78 bits per heavy atom. The van der Waals surface area contributed by atoms with Crippen molar-refractivity contribution in [2.24, 2.45) is 16.7 Å². The van der Waals surface area contributed by atoms with Crippen molar-refractivity contribution in [3.63, 3.8) is 0 Å². The Labute approximate surface area is 113 Å². The Kier molecular flexibility index (Phi) is 3.79. The van der Waals surface area contributed by atoms with Gasteiger partial charge in [0.25, 0.3) is 0 Å². The van der Waals surface area contributed by atoms with E-state index in [4.69, 9.17) is 0 Å². The molecule has 0 aromatic heterocycles. The summed E-state index contributed by atoms with van der Waals surface area (Å²) in [5.74, 6) is 1.21. The maximum atomic E-state index is 11.0. The minimum absolute atomic E-state index is 0.0167. The number of esters is 1. The van der Waals surface area contributed by atoms with Gasteiger partial charge in [0, 0.05) is 17.2 Å². The second kappa shape index (κ2) is 4.89. The summed E-state index contributed by atoms with van der Waals surface area (Å²) in [6.45, 7) is 4.57. The number of fused-ring (bicyclic) bond motifs is 2. The van der Waals surface area contributed by atoms with E-state index < -0.39 is 0 Å². The summed E-state index contributed by atoms with van der Waals surface area (Å²) >= 11 is 1.61. The van der Waals surface area contributed by atoms with Crippen molar-refractivity contribution in [3.05, 3.63) is 11.5 Å². The number of rotatable bonds is 4. The van der Waals surface area contributed by atoms with Gasteiger partial charge in [-0.15, -0.1) is 11.8 Å². The summed E-state index contributed by atoms with van der Waals surface area (Å²) in [6, 6.07) is 0. The predicted octanol–water partition coefficient (Wildman–Crippen LogP) is 2.59. The molecule has 0 radical (unpaired) electrons. The van der Waals surface area contributed by atoms with E-state index in [-0.39, 0.29) is 22.9 Å². The molecule has 0 aliphatic heterocycles. The number of carbonyl (C=O) groups is 1. The molecule has 2 saturated carbocycles. The van der Waals surface area contributed by atoms with Crippen molar-refractivity contribution in [1.82, 2.24) is 0 Å². The monoisotopic (exact) mass is 270 g/mol. The van der Waals surface area contributed by atoms with Crippen LogP contribution in [0.3, 0.4) is 0 Å². The Hall–Kier alpha value is -0.480. The molecule has 0 heterocycles. The maximum Gasteiger partial charge on any atom is 0.330 e. The van der Waals surface area contributed by atoms with Gasteiger partial charge in [0.05, 0.1) is 13.2 Å². The van der Waals surface area contributed by atoms with E-state index in [9.17, 15) is 9.90 Å². The average Bonchev–Trinajstić information content (AvgIpc) is 2.68. The number of thioether (sulfide) groups is 1. The summed E-state index contributed by atoms with van der Waals surface area (Å²) in [6.07, 6.45) is 4.53. The lowest BCUT2D eigenvalue weighted by molar-refractivity contribution is -0.134. The molecule has 0 amide bonds. The van der Waals surface area contributed by atoms with Crippen molar-refractivity contribution in [2.45, 2.75) is 39.2 Å². The SMILES string of the molecule is COC(=O)/C=C\SC[C@]12CC[C@H](C[C@@H]1O)C2(C)C. The third-order valence-corrected chi connectivity index (χ3v) is 6.24. The first-order valence-electron chi connectivity index (χ1n) is 6.48. The van der Waals surface area contributed by atoms with Crippen LogP contribution in [0.4, 0.5) is 0 Å². The van der Waals surface area contributed by atoms with Crippen molar-refractivity contribution >= 4 is 17.7 Å². The lowest BCUT2D eigenvalue weighted by atomic mass is 9.70. The van der Waals surface area contributed by atoms with Gasteiger partial charge in [0.1, 0.15) is 0 Å². The Morgan fingerprint density at radius 1 is 1.56 bits per heavy atom. The van der Waals surface area contributed by atoms with Crippen LogP contribution in [0.1, 0.15) is 33.1 Å². The van der Waals surface area contributed by atoms with Crippen LogP contribution in [0.5, 0.6) is 0 Å². The molecule has 2 fully saturated rings. The fourth-order valence-electron chi connectivity index (χ4n) is 3.75. The first kappa shape index (κ1) is 13.9. The lowest BCUT2D eigenvalue weighted by Gasteiger charge is -2.40. The molecule has 2 aliphatic rings. The molecule has 1 N–H and O–H groups in total. The highest BCUT2D eigenvalue weighted by molar-refractivity contribution is 8.02. The standard InChI is InChI=1S/C14H22O3S/c1-13(2)10-4-6-14(13,11(15)8-10)9-18-7-5-12(16)17-3/h5,7,10-11,15H,4,6,8-9H2,1-3H3/b7-5-/t10-,11+,14-/m1/s1. The number of aliphatic hydroxyl groups is 1. The summed E-state index contributed by atoms with van der Waals surface area (Å²) < 4.78 is 4.56. The van der Waals surface area contributed by atoms with E-state index >= 15 is 0 Å². The lowest BCUT2D eigenvalue weighted by Crippen LogP contribution is -2.40. The van der Waals surface area contributed by atoms with Gasteiger partial charge < -0.3 is 9.84 Å². The van der Waals surface area contributed by atoms with Crippen molar-refractivity contribution in [1.29, 1.82) is 0 Å². The highest BCUT2D eigenvalue weighted by atomic mass is 32.2. The maximum absolute atomic E-state index is 11.0. The van der Waals surface area contributed by atoms with Crippen LogP contribution in [0, 0.1) is 16.7 Å². The summed E-state index contributed by atoms with van der Waals surface area (Å²) in [5, 5.41) is 12.1. The van der Waals surface area contributed by atoms with Crippen LogP contribution in [0.2, 0.25) is 0 Å². The topological polar surface area (TPSA) is 46.5 Å². The van der Waals surface area contributed by atoms with E-state index in [1.54, 1.807) is 17.2 Å². The molecule has 18 heavy (non-hydrogen) atoms. The molecule has 2 bridgehead atoms. The van der Waals surface area contributed by atoms with E-state index in [0.29, 0.717) is 5.92 Å². The van der Waals surface area contributed by atoms with Crippen LogP contribution in [0.15, 0.2) is 11.5 Å². The molecule has 0 spiro atoms. The quantitative estimate of drug-likeness (QED) is 0.630. The zero-order valence-corrected chi connectivity index (χ0v) is 12.1. The number of hydrogen-bond donors (Lipinski definition) is 1. The summed E-state index contributed by atoms with van der Waals surface area (Å²) in [7, 11) is 1.38. The zero-order chi connectivity index (χ0) is 13.4. The molecule has 3 atom stereocenters. The van der Waals surface area contributed by atoms with Gasteiger partial charge >= 0.3 is 5.97 Å². The van der Waals surface area contributed by atoms with Crippen LogP contribution < -0.4 is 0 Å². The first-order valence-corrected chi connectivity index (χ1v) is 7.53. The minimum Gasteiger partial charge on any atom is -0.466 e. The van der Waals surface area contributed by atoms with E-state index in [1.165, 1.54) is 19.6 Å². The van der Waals surface area contributed by atoms with Crippen LogP contribution in [-0.2, 0) is 9.53 Å². The third kappa shape index (κ3) is 1.99. The summed E-state index contributed by atoms with van der Waals surface area (Å²) in [5.41, 5.74) is 0.224. The van der Waals surface area contributed by atoms with E-state index in [2.05, 4.69) is 18.6 Å². The normalized spacial score (nSPS) is 37.3. The number of hydrogen-bond acceptors (Lipinski definition) is 4. The molecule has 0 aromatic rings. The van der Waals surface area contributed by atoms with Gasteiger partial charge in [0.15, 0.2) is 0 Å². The van der Waals surface area contributed by atoms with Crippen LogP contribution in [-0.4, -0.2) is 30.0 Å².